The molecule has 0 atom stereocenters. The summed E-state index contributed by atoms with van der Waals surface area (Å²) >= 11 is 0.789. The number of carbonyl (C=O) groups excluding carboxylic acids is 1. The highest BCUT2D eigenvalue weighted by Crippen LogP contribution is 2.29. The summed E-state index contributed by atoms with van der Waals surface area (Å²) in [5.41, 5.74) is -1.14. The minimum absolute atomic E-state index is 0.0163. The third-order valence-electron chi connectivity index (χ3n) is 3.60. The lowest BCUT2D eigenvalue weighted by atomic mass is 10.2. The standard InChI is InChI=1S/C14H15F3N2O4S/c1-4-18-10(20)8-7(2)9(12(21)23-3)24-11(8)19(13(18)22)6-5-14(15,16)17/h4-6H2,1-3H3. The van der Waals surface area contributed by atoms with Crippen molar-refractivity contribution < 1.29 is 22.7 Å². The van der Waals surface area contributed by atoms with E-state index in [0.29, 0.717) is 5.56 Å². The van der Waals surface area contributed by atoms with Gasteiger partial charge in [-0.15, -0.1) is 11.3 Å². The van der Waals surface area contributed by atoms with Gasteiger partial charge in [0.2, 0.25) is 0 Å². The molecule has 0 aromatic carbocycles. The molecule has 0 N–H and O–H groups in total. The second-order valence-electron chi connectivity index (χ2n) is 5.08. The number of rotatable bonds is 4. The van der Waals surface area contributed by atoms with Crippen molar-refractivity contribution in [3.05, 3.63) is 31.3 Å². The monoisotopic (exact) mass is 364 g/mol. The van der Waals surface area contributed by atoms with Crippen molar-refractivity contribution >= 4 is 27.5 Å². The summed E-state index contributed by atoms with van der Waals surface area (Å²) in [5, 5.41) is 0.0732. The number of halogens is 3. The van der Waals surface area contributed by atoms with Gasteiger partial charge in [0.1, 0.15) is 9.71 Å². The number of alkyl halides is 3. The van der Waals surface area contributed by atoms with Gasteiger partial charge in [0.25, 0.3) is 5.56 Å². The molecule has 6 nitrogen and oxygen atoms in total. The number of methoxy groups -OCH3 is 1. The topological polar surface area (TPSA) is 70.3 Å². The van der Waals surface area contributed by atoms with Gasteiger partial charge in [0.05, 0.1) is 18.9 Å². The highest BCUT2D eigenvalue weighted by atomic mass is 32.1. The molecule has 0 saturated heterocycles. The minimum atomic E-state index is -4.45. The number of thiophene rings is 1. The molecule has 0 saturated carbocycles. The third kappa shape index (κ3) is 3.10. The van der Waals surface area contributed by atoms with Gasteiger partial charge in [-0.2, -0.15) is 13.2 Å². The van der Waals surface area contributed by atoms with Crippen molar-refractivity contribution in [1.29, 1.82) is 0 Å². The van der Waals surface area contributed by atoms with Crippen LogP contribution in [-0.4, -0.2) is 28.4 Å². The smallest absolute Gasteiger partial charge is 0.390 e. The number of aromatic nitrogens is 2. The Morgan fingerprint density at radius 2 is 1.88 bits per heavy atom. The molecule has 0 aliphatic carbocycles. The number of esters is 1. The van der Waals surface area contributed by atoms with Crippen LogP contribution in [0.4, 0.5) is 13.2 Å². The SMILES string of the molecule is CCn1c(=O)c2c(C)c(C(=O)OC)sc2n(CCC(F)(F)F)c1=O. The predicted molar refractivity (Wildman–Crippen MR) is 82.8 cm³/mol. The first-order valence-electron chi connectivity index (χ1n) is 7.04. The van der Waals surface area contributed by atoms with Crippen LogP contribution in [0, 0.1) is 6.92 Å². The quantitative estimate of drug-likeness (QED) is 0.781. The zero-order chi connectivity index (χ0) is 18.2. The summed E-state index contributed by atoms with van der Waals surface area (Å²) in [6, 6.07) is 0. The first-order chi connectivity index (χ1) is 11.1. The molecule has 2 rings (SSSR count). The Kier molecular flexibility index (Phi) is 4.88. The second-order valence-corrected chi connectivity index (χ2v) is 6.08. The van der Waals surface area contributed by atoms with Crippen molar-refractivity contribution in [3.8, 4) is 0 Å². The first-order valence-corrected chi connectivity index (χ1v) is 7.85. The molecule has 2 aromatic rings. The van der Waals surface area contributed by atoms with E-state index in [-0.39, 0.29) is 21.6 Å². The van der Waals surface area contributed by atoms with Crippen LogP contribution in [0.5, 0.6) is 0 Å². The molecule has 10 heteroatoms. The maximum atomic E-state index is 12.5. The number of hydrogen-bond donors (Lipinski definition) is 0. The highest BCUT2D eigenvalue weighted by molar-refractivity contribution is 7.20. The lowest BCUT2D eigenvalue weighted by molar-refractivity contribution is -0.136. The minimum Gasteiger partial charge on any atom is -0.465 e. The van der Waals surface area contributed by atoms with Crippen LogP contribution >= 0.6 is 11.3 Å². The Labute approximate surface area is 138 Å². The normalized spacial score (nSPS) is 11.9. The van der Waals surface area contributed by atoms with E-state index >= 15 is 0 Å². The molecule has 0 aliphatic heterocycles. The van der Waals surface area contributed by atoms with Crippen LogP contribution in [0.15, 0.2) is 9.59 Å². The molecule has 0 aliphatic rings. The summed E-state index contributed by atoms with van der Waals surface area (Å²) < 4.78 is 44.0. The lowest BCUT2D eigenvalue weighted by Gasteiger charge is -2.12. The van der Waals surface area contributed by atoms with E-state index in [0.717, 1.165) is 27.6 Å². The van der Waals surface area contributed by atoms with Gasteiger partial charge in [-0.1, -0.05) is 0 Å². The van der Waals surface area contributed by atoms with Crippen LogP contribution in [-0.2, 0) is 17.8 Å². The van der Waals surface area contributed by atoms with Crippen LogP contribution in [0.1, 0.15) is 28.6 Å². The number of aryl methyl sites for hydroxylation is 2. The summed E-state index contributed by atoms with van der Waals surface area (Å²) in [6.07, 6.45) is -5.66. The Morgan fingerprint density at radius 1 is 1.25 bits per heavy atom. The van der Waals surface area contributed by atoms with Gasteiger partial charge < -0.3 is 4.74 Å². The molecule has 132 valence electrons. The maximum absolute atomic E-state index is 12.5. The van der Waals surface area contributed by atoms with Gasteiger partial charge in [-0.25, -0.2) is 9.59 Å². The Morgan fingerprint density at radius 3 is 2.38 bits per heavy atom. The number of fused-ring (bicyclic) bond motifs is 1. The molecular formula is C14H15F3N2O4S. The van der Waals surface area contributed by atoms with Crippen molar-refractivity contribution in [3.63, 3.8) is 0 Å². The molecule has 0 fully saturated rings. The van der Waals surface area contributed by atoms with E-state index in [2.05, 4.69) is 4.74 Å². The molecule has 0 amide bonds. The van der Waals surface area contributed by atoms with Crippen molar-refractivity contribution in [2.24, 2.45) is 0 Å². The maximum Gasteiger partial charge on any atom is 0.390 e. The van der Waals surface area contributed by atoms with Crippen LogP contribution < -0.4 is 11.2 Å². The van der Waals surface area contributed by atoms with Crippen LogP contribution in [0.2, 0.25) is 0 Å². The van der Waals surface area contributed by atoms with Crippen molar-refractivity contribution in [1.82, 2.24) is 9.13 Å². The van der Waals surface area contributed by atoms with Gasteiger partial charge in [-0.05, 0) is 19.4 Å². The number of ether oxygens (including phenoxy) is 1. The highest BCUT2D eigenvalue weighted by Gasteiger charge is 2.29. The van der Waals surface area contributed by atoms with Crippen molar-refractivity contribution in [2.75, 3.05) is 7.11 Å². The van der Waals surface area contributed by atoms with E-state index in [1.54, 1.807) is 6.92 Å². The summed E-state index contributed by atoms with van der Waals surface area (Å²) in [6.45, 7) is 2.44. The molecule has 2 aromatic heterocycles. The van der Waals surface area contributed by atoms with Gasteiger partial charge in [0, 0.05) is 13.1 Å². The molecule has 2 heterocycles. The number of carbonyl (C=O) groups is 1. The van der Waals surface area contributed by atoms with Crippen LogP contribution in [0.3, 0.4) is 0 Å². The zero-order valence-electron chi connectivity index (χ0n) is 13.2. The Hall–Kier alpha value is -2.10. The fourth-order valence-corrected chi connectivity index (χ4v) is 3.63. The number of nitrogens with zero attached hydrogens (tertiary/aromatic N) is 2. The molecule has 0 bridgehead atoms. The zero-order valence-corrected chi connectivity index (χ0v) is 14.0. The van der Waals surface area contributed by atoms with Gasteiger partial charge >= 0.3 is 17.8 Å². The fourth-order valence-electron chi connectivity index (χ4n) is 2.40. The fraction of sp³-hybridized carbons (Fsp3) is 0.500. The predicted octanol–water partition coefficient (Wildman–Crippen LogP) is 2.29. The molecular weight excluding hydrogens is 349 g/mol. The molecule has 24 heavy (non-hydrogen) atoms. The van der Waals surface area contributed by atoms with E-state index < -0.39 is 36.4 Å². The lowest BCUT2D eigenvalue weighted by Crippen LogP contribution is -2.39. The van der Waals surface area contributed by atoms with Gasteiger partial charge in [-0.3, -0.25) is 13.9 Å². The Balaban J connectivity index is 2.82. The summed E-state index contributed by atoms with van der Waals surface area (Å²) in [4.78, 5) is 36.8. The molecule has 0 spiro atoms. The average Bonchev–Trinajstić information content (AvgIpc) is 2.83. The van der Waals surface area contributed by atoms with E-state index in [1.807, 2.05) is 0 Å². The van der Waals surface area contributed by atoms with E-state index in [4.69, 9.17) is 0 Å². The second kappa shape index (κ2) is 6.42. The van der Waals surface area contributed by atoms with Gasteiger partial charge in [0.15, 0.2) is 0 Å². The van der Waals surface area contributed by atoms with Crippen LogP contribution in [0.25, 0.3) is 10.2 Å². The van der Waals surface area contributed by atoms with E-state index in [1.165, 1.54) is 6.92 Å². The number of hydrogen-bond acceptors (Lipinski definition) is 5. The molecule has 0 unspecified atom stereocenters. The average molecular weight is 364 g/mol. The molecule has 0 radical (unpaired) electrons. The first kappa shape index (κ1) is 18.2. The van der Waals surface area contributed by atoms with E-state index in [9.17, 15) is 27.6 Å². The Bertz CT molecular complexity index is 908. The summed E-state index contributed by atoms with van der Waals surface area (Å²) in [5.74, 6) is -0.703. The van der Waals surface area contributed by atoms with Crippen molar-refractivity contribution in [2.45, 2.75) is 39.5 Å². The largest absolute Gasteiger partial charge is 0.465 e. The summed E-state index contributed by atoms with van der Waals surface area (Å²) in [7, 11) is 1.16. The third-order valence-corrected chi connectivity index (χ3v) is 4.89.